The van der Waals surface area contributed by atoms with E-state index in [-0.39, 0.29) is 0 Å². The van der Waals surface area contributed by atoms with Gasteiger partial charge in [-0.2, -0.15) is 0 Å². The Labute approximate surface area is 74.6 Å². The Bertz CT molecular complexity index is 384. The molecule has 0 amide bonds. The van der Waals surface area contributed by atoms with Crippen LogP contribution in [0.5, 0.6) is 11.8 Å². The van der Waals surface area contributed by atoms with E-state index in [1.165, 1.54) is 6.20 Å². The number of hydrogen-bond donors (Lipinski definition) is 2. The molecule has 2 aromatic rings. The Kier molecular flexibility index (Phi) is 1.84. The summed E-state index contributed by atoms with van der Waals surface area (Å²) >= 11 is 0. The maximum Gasteiger partial charge on any atom is 0.300 e. The number of rotatable bonds is 2. The molecule has 0 saturated carbocycles. The van der Waals surface area contributed by atoms with Crippen LogP contribution in [0.2, 0.25) is 0 Å². The number of H-pyrrole nitrogens is 1. The number of aromatic nitrogens is 3. The largest absolute Gasteiger partial charge is 0.424 e. The summed E-state index contributed by atoms with van der Waals surface area (Å²) in [7, 11) is 0. The number of anilines is 1. The lowest BCUT2D eigenvalue weighted by Crippen LogP contribution is -1.87. The smallest absolute Gasteiger partial charge is 0.300 e. The van der Waals surface area contributed by atoms with Gasteiger partial charge in [0.05, 0.1) is 12.4 Å². The maximum atomic E-state index is 5.42. The zero-order valence-corrected chi connectivity index (χ0v) is 6.77. The second kappa shape index (κ2) is 3.14. The molecule has 2 heterocycles. The molecule has 0 bridgehead atoms. The van der Waals surface area contributed by atoms with Gasteiger partial charge in [0.2, 0.25) is 0 Å². The van der Waals surface area contributed by atoms with Crippen LogP contribution in [-0.4, -0.2) is 15.0 Å². The fourth-order valence-electron chi connectivity index (χ4n) is 0.887. The van der Waals surface area contributed by atoms with Crippen LogP contribution in [0.4, 0.5) is 5.82 Å². The van der Waals surface area contributed by atoms with Crippen molar-refractivity contribution >= 4 is 5.82 Å². The van der Waals surface area contributed by atoms with Gasteiger partial charge in [0, 0.05) is 6.20 Å². The number of ether oxygens (including phenoxy) is 1. The molecular formula is C8H8N4O. The summed E-state index contributed by atoms with van der Waals surface area (Å²) in [6.07, 6.45) is 4.76. The predicted molar refractivity (Wildman–Crippen MR) is 47.3 cm³/mol. The van der Waals surface area contributed by atoms with Crippen LogP contribution in [0.25, 0.3) is 0 Å². The van der Waals surface area contributed by atoms with E-state index in [0.29, 0.717) is 17.6 Å². The molecule has 0 unspecified atom stereocenters. The molecule has 0 aliphatic carbocycles. The minimum atomic E-state index is 0.366. The van der Waals surface area contributed by atoms with Crippen LogP contribution < -0.4 is 10.5 Å². The zero-order valence-electron chi connectivity index (χ0n) is 6.77. The van der Waals surface area contributed by atoms with Gasteiger partial charge in [0.25, 0.3) is 0 Å². The average molecular weight is 176 g/mol. The van der Waals surface area contributed by atoms with Crippen molar-refractivity contribution in [2.45, 2.75) is 0 Å². The number of nitrogens with two attached hydrogens (primary N) is 1. The molecule has 0 aromatic carbocycles. The summed E-state index contributed by atoms with van der Waals surface area (Å²) < 4.78 is 5.29. The standard InChI is InChI=1S/C8H8N4O/c9-7-5-11-8(12-7)13-6-2-1-3-10-4-6/h1-5H,9H2,(H,11,12). The van der Waals surface area contributed by atoms with Crippen molar-refractivity contribution in [2.24, 2.45) is 0 Å². The fourth-order valence-corrected chi connectivity index (χ4v) is 0.887. The summed E-state index contributed by atoms with van der Waals surface area (Å²) in [5.74, 6) is 1.09. The van der Waals surface area contributed by atoms with Crippen LogP contribution in [0.3, 0.4) is 0 Å². The van der Waals surface area contributed by atoms with Crippen molar-refractivity contribution in [1.29, 1.82) is 0 Å². The second-order valence-corrected chi connectivity index (χ2v) is 2.43. The molecule has 0 spiro atoms. The highest BCUT2D eigenvalue weighted by Gasteiger charge is 1.99. The summed E-state index contributed by atoms with van der Waals surface area (Å²) in [5.41, 5.74) is 5.42. The Hall–Kier alpha value is -2.04. The average Bonchev–Trinajstić information content (AvgIpc) is 2.53. The molecular weight excluding hydrogens is 168 g/mol. The Balaban J connectivity index is 2.15. The van der Waals surface area contributed by atoms with Crippen molar-refractivity contribution in [2.75, 3.05) is 5.73 Å². The second-order valence-electron chi connectivity index (χ2n) is 2.43. The van der Waals surface area contributed by atoms with Gasteiger partial charge >= 0.3 is 6.01 Å². The molecule has 0 radical (unpaired) electrons. The Morgan fingerprint density at radius 2 is 2.31 bits per heavy atom. The molecule has 0 fully saturated rings. The zero-order chi connectivity index (χ0) is 9.10. The Morgan fingerprint density at radius 1 is 1.38 bits per heavy atom. The molecule has 2 rings (SSSR count). The van der Waals surface area contributed by atoms with Crippen LogP contribution in [0.1, 0.15) is 0 Å². The van der Waals surface area contributed by atoms with E-state index in [9.17, 15) is 0 Å². The first-order valence-electron chi connectivity index (χ1n) is 3.73. The van der Waals surface area contributed by atoms with E-state index in [1.807, 2.05) is 0 Å². The van der Waals surface area contributed by atoms with Gasteiger partial charge in [0.1, 0.15) is 11.6 Å². The van der Waals surface area contributed by atoms with Gasteiger partial charge in [-0.25, -0.2) is 4.98 Å². The number of nitrogens with zero attached hydrogens (tertiary/aromatic N) is 2. The summed E-state index contributed by atoms with van der Waals surface area (Å²) in [5, 5.41) is 0. The van der Waals surface area contributed by atoms with Crippen LogP contribution in [0.15, 0.2) is 30.7 Å². The lowest BCUT2D eigenvalue weighted by molar-refractivity contribution is 0.446. The van der Waals surface area contributed by atoms with Crippen molar-refractivity contribution in [3.05, 3.63) is 30.7 Å². The topological polar surface area (TPSA) is 76.8 Å². The summed E-state index contributed by atoms with van der Waals surface area (Å²) in [4.78, 5) is 10.5. The third-order valence-electron chi connectivity index (χ3n) is 1.42. The molecule has 0 saturated heterocycles. The van der Waals surface area contributed by atoms with E-state index in [4.69, 9.17) is 10.5 Å². The SMILES string of the molecule is Nc1cnc(Oc2cccnc2)[nH]1. The van der Waals surface area contributed by atoms with E-state index >= 15 is 0 Å². The first-order chi connectivity index (χ1) is 6.34. The predicted octanol–water partition coefficient (Wildman–Crippen LogP) is 1.18. The summed E-state index contributed by atoms with van der Waals surface area (Å²) in [6.45, 7) is 0. The normalized spacial score (nSPS) is 9.85. The van der Waals surface area contributed by atoms with Gasteiger partial charge in [0.15, 0.2) is 0 Å². The number of aromatic amines is 1. The van der Waals surface area contributed by atoms with Gasteiger partial charge in [-0.05, 0) is 12.1 Å². The molecule has 0 aliphatic rings. The number of imidazole rings is 1. The van der Waals surface area contributed by atoms with Crippen molar-refractivity contribution in [3.8, 4) is 11.8 Å². The fraction of sp³-hybridized carbons (Fsp3) is 0. The highest BCUT2D eigenvalue weighted by molar-refractivity contribution is 5.28. The number of pyridine rings is 1. The Morgan fingerprint density at radius 3 is 2.92 bits per heavy atom. The van der Waals surface area contributed by atoms with Crippen LogP contribution >= 0.6 is 0 Å². The number of nitrogen functional groups attached to an aromatic ring is 1. The highest BCUT2D eigenvalue weighted by atomic mass is 16.5. The minimum absolute atomic E-state index is 0.366. The first-order valence-corrected chi connectivity index (χ1v) is 3.73. The van der Waals surface area contributed by atoms with Crippen molar-refractivity contribution < 1.29 is 4.74 Å². The minimum Gasteiger partial charge on any atom is -0.424 e. The van der Waals surface area contributed by atoms with Crippen molar-refractivity contribution in [3.63, 3.8) is 0 Å². The molecule has 2 aromatic heterocycles. The van der Waals surface area contributed by atoms with Crippen LogP contribution in [0, 0.1) is 0 Å². The molecule has 5 nitrogen and oxygen atoms in total. The molecule has 66 valence electrons. The van der Waals surface area contributed by atoms with E-state index in [0.717, 1.165) is 0 Å². The molecule has 5 heteroatoms. The van der Waals surface area contributed by atoms with Gasteiger partial charge in [-0.15, -0.1) is 0 Å². The third kappa shape index (κ3) is 1.76. The van der Waals surface area contributed by atoms with Gasteiger partial charge in [-0.1, -0.05) is 0 Å². The maximum absolute atomic E-state index is 5.42. The van der Waals surface area contributed by atoms with Gasteiger partial charge in [-0.3, -0.25) is 9.97 Å². The lowest BCUT2D eigenvalue weighted by Gasteiger charge is -1.98. The molecule has 0 atom stereocenters. The van der Waals surface area contributed by atoms with Crippen molar-refractivity contribution in [1.82, 2.24) is 15.0 Å². The quantitative estimate of drug-likeness (QED) is 0.720. The van der Waals surface area contributed by atoms with E-state index in [2.05, 4.69) is 15.0 Å². The van der Waals surface area contributed by atoms with E-state index < -0.39 is 0 Å². The molecule has 13 heavy (non-hydrogen) atoms. The molecule has 3 N–H and O–H groups in total. The summed E-state index contributed by atoms with van der Waals surface area (Å²) in [6, 6.07) is 3.93. The first kappa shape index (κ1) is 7.60. The number of hydrogen-bond acceptors (Lipinski definition) is 4. The molecule has 0 aliphatic heterocycles. The van der Waals surface area contributed by atoms with Gasteiger partial charge < -0.3 is 10.5 Å². The number of nitrogens with one attached hydrogen (secondary N) is 1. The lowest BCUT2D eigenvalue weighted by atomic mass is 10.5. The third-order valence-corrected chi connectivity index (χ3v) is 1.42. The monoisotopic (exact) mass is 176 g/mol. The van der Waals surface area contributed by atoms with Crippen LogP contribution in [-0.2, 0) is 0 Å². The van der Waals surface area contributed by atoms with E-state index in [1.54, 1.807) is 24.5 Å². The highest BCUT2D eigenvalue weighted by Crippen LogP contribution is 2.16.